The molecule has 10 nitrogen and oxygen atoms in total. The number of aliphatic hydroxyl groups excluding tert-OH is 1. The molecule has 6 heterocycles. The van der Waals surface area contributed by atoms with Gasteiger partial charge in [0.2, 0.25) is 5.91 Å². The highest BCUT2D eigenvalue weighted by atomic mass is 32.1. The van der Waals surface area contributed by atoms with Crippen LogP contribution in [0.25, 0.3) is 43.9 Å². The second-order valence-corrected chi connectivity index (χ2v) is 13.4. The molecule has 4 aromatic heterocycles. The summed E-state index contributed by atoms with van der Waals surface area (Å²) >= 11 is 0.971. The minimum Gasteiger partial charge on any atom is -0.490 e. The van der Waals surface area contributed by atoms with E-state index in [1.807, 2.05) is 6.92 Å². The number of carbonyl (C=O) groups is 1. The molecule has 16 heteroatoms. The number of alkyl halides is 2. The second kappa shape index (κ2) is 14.0. The minimum absolute atomic E-state index is 0.00237. The number of rotatable bonds is 10. The zero-order chi connectivity index (χ0) is 36.9. The first-order chi connectivity index (χ1) is 24.9. The quantitative estimate of drug-likeness (QED) is 0.101. The number of methoxy groups -OCH3 is 1. The van der Waals surface area contributed by atoms with E-state index in [2.05, 4.69) is 11.6 Å². The van der Waals surface area contributed by atoms with Gasteiger partial charge in [-0.3, -0.25) is 19.4 Å². The zero-order valence-corrected chi connectivity index (χ0v) is 29.0. The van der Waals surface area contributed by atoms with Gasteiger partial charge in [-0.2, -0.15) is 13.9 Å². The Morgan fingerprint density at radius 3 is 2.67 bits per heavy atom. The summed E-state index contributed by atoms with van der Waals surface area (Å²) in [5, 5.41) is 15.4. The number of ether oxygens (including phenoxy) is 2. The van der Waals surface area contributed by atoms with Gasteiger partial charge in [0.05, 0.1) is 54.0 Å². The van der Waals surface area contributed by atoms with Crippen molar-refractivity contribution in [3.05, 3.63) is 82.9 Å². The molecule has 1 N–H and O–H groups in total. The van der Waals surface area contributed by atoms with E-state index in [9.17, 15) is 14.3 Å². The largest absolute Gasteiger partial charge is 0.490 e. The number of carbonyl (C=O) groups excluding carboxylic acids is 1. The van der Waals surface area contributed by atoms with E-state index in [1.165, 1.54) is 35.7 Å². The van der Waals surface area contributed by atoms with E-state index in [4.69, 9.17) is 19.6 Å². The lowest BCUT2D eigenvalue weighted by Gasteiger charge is -2.33. The predicted molar refractivity (Wildman–Crippen MR) is 183 cm³/mol. The Balaban J connectivity index is 1.50. The smallest absolute Gasteiger partial charge is 0.302 e. The number of β-amino-alcohol motifs (C(OH)–C–C–N with tert-alkyl or cyclic N) is 1. The van der Waals surface area contributed by atoms with Crippen LogP contribution in [0.2, 0.25) is 0 Å². The number of hydrogen-bond donors (Lipinski definition) is 1. The van der Waals surface area contributed by atoms with Gasteiger partial charge in [0.25, 0.3) is 0 Å². The topological polar surface area (TPSA) is 106 Å². The van der Waals surface area contributed by atoms with E-state index in [0.717, 1.165) is 17.4 Å². The number of thiophene rings is 1. The lowest BCUT2D eigenvalue weighted by molar-refractivity contribution is -0.129. The number of aliphatic hydroxyl groups is 1. The van der Waals surface area contributed by atoms with Gasteiger partial charge in [-0.1, -0.05) is 6.58 Å². The Labute approximate surface area is 298 Å². The molecule has 0 fully saturated rings. The lowest BCUT2D eigenvalue weighted by atomic mass is 9.94. The van der Waals surface area contributed by atoms with Crippen molar-refractivity contribution in [3.63, 3.8) is 0 Å². The SMILES string of the molecule is C=CC(=O)N1CCn2nc(-c3nc(-c4cnc5c(c4)CN(CCO)CC5(F)F)c4scc(F)c4c3-c3c(F)cc(F)cc3OCCOC)cc2[C@H]1C. The highest BCUT2D eigenvalue weighted by molar-refractivity contribution is 7.17. The molecule has 5 aromatic rings. The Hall–Kier alpha value is -4.77. The molecule has 1 aromatic carbocycles. The van der Waals surface area contributed by atoms with Crippen molar-refractivity contribution >= 4 is 27.3 Å². The molecule has 0 aliphatic carbocycles. The van der Waals surface area contributed by atoms with Crippen LogP contribution < -0.4 is 4.74 Å². The summed E-state index contributed by atoms with van der Waals surface area (Å²) in [7, 11) is 1.44. The third kappa shape index (κ3) is 6.22. The van der Waals surface area contributed by atoms with Gasteiger partial charge in [-0.25, -0.2) is 18.2 Å². The summed E-state index contributed by atoms with van der Waals surface area (Å²) < 4.78 is 90.2. The van der Waals surface area contributed by atoms with Crippen LogP contribution in [-0.4, -0.2) is 87.1 Å². The Morgan fingerprint density at radius 1 is 1.12 bits per heavy atom. The number of benzene rings is 1. The molecule has 1 amide bonds. The van der Waals surface area contributed by atoms with Gasteiger partial charge < -0.3 is 19.5 Å². The summed E-state index contributed by atoms with van der Waals surface area (Å²) in [6.45, 7) is 5.23. The minimum atomic E-state index is -3.29. The van der Waals surface area contributed by atoms with Gasteiger partial charge in [-0.15, -0.1) is 11.3 Å². The number of pyridine rings is 2. The third-order valence-electron chi connectivity index (χ3n) is 9.26. The summed E-state index contributed by atoms with van der Waals surface area (Å²) in [6.07, 6.45) is 2.46. The maximum Gasteiger partial charge on any atom is 0.302 e. The van der Waals surface area contributed by atoms with E-state index >= 15 is 17.6 Å². The predicted octanol–water partition coefficient (Wildman–Crippen LogP) is 6.32. The van der Waals surface area contributed by atoms with Crippen molar-refractivity contribution in [2.45, 2.75) is 32.0 Å². The number of fused-ring (bicyclic) bond motifs is 3. The van der Waals surface area contributed by atoms with Crippen molar-refractivity contribution in [2.24, 2.45) is 0 Å². The fourth-order valence-electron chi connectivity index (χ4n) is 6.92. The normalized spacial score (nSPS) is 16.9. The van der Waals surface area contributed by atoms with Crippen molar-refractivity contribution < 1.29 is 41.3 Å². The number of aromatic nitrogens is 4. The molecule has 2 aliphatic heterocycles. The molecule has 0 saturated carbocycles. The average Bonchev–Trinajstić information content (AvgIpc) is 3.72. The molecule has 0 unspecified atom stereocenters. The molecule has 0 spiro atoms. The molecular formula is C36H33F5N6O4S. The fourth-order valence-corrected chi connectivity index (χ4v) is 7.86. The summed E-state index contributed by atoms with van der Waals surface area (Å²) in [5.41, 5.74) is 0.751. The maximum absolute atomic E-state index is 16.2. The third-order valence-corrected chi connectivity index (χ3v) is 10.2. The van der Waals surface area contributed by atoms with Crippen molar-refractivity contribution in [2.75, 3.05) is 46.6 Å². The van der Waals surface area contributed by atoms with E-state index in [1.54, 1.807) is 15.6 Å². The first kappa shape index (κ1) is 35.6. The van der Waals surface area contributed by atoms with Crippen LogP contribution in [0.4, 0.5) is 22.0 Å². The van der Waals surface area contributed by atoms with Crippen molar-refractivity contribution in [1.82, 2.24) is 29.5 Å². The molecule has 7 rings (SSSR count). The molecule has 0 radical (unpaired) electrons. The van der Waals surface area contributed by atoms with Gasteiger partial charge in [0.15, 0.2) is 0 Å². The molecule has 1 atom stereocenters. The van der Waals surface area contributed by atoms with Crippen LogP contribution in [0, 0.1) is 17.5 Å². The zero-order valence-electron chi connectivity index (χ0n) is 28.1. The van der Waals surface area contributed by atoms with Gasteiger partial charge in [-0.05, 0) is 30.7 Å². The van der Waals surface area contributed by atoms with E-state index < -0.39 is 41.7 Å². The molecule has 52 heavy (non-hydrogen) atoms. The van der Waals surface area contributed by atoms with Gasteiger partial charge in [0, 0.05) is 67.0 Å². The first-order valence-electron chi connectivity index (χ1n) is 16.4. The van der Waals surface area contributed by atoms with Crippen LogP contribution in [0.1, 0.15) is 29.9 Å². The monoisotopic (exact) mass is 740 g/mol. The highest BCUT2D eigenvalue weighted by Gasteiger charge is 2.42. The van der Waals surface area contributed by atoms with Gasteiger partial charge >= 0.3 is 5.92 Å². The number of amides is 1. The molecular weight excluding hydrogens is 707 g/mol. The second-order valence-electron chi connectivity index (χ2n) is 12.5. The van der Waals surface area contributed by atoms with Crippen LogP contribution in [0.5, 0.6) is 5.75 Å². The van der Waals surface area contributed by atoms with Crippen molar-refractivity contribution in [3.8, 4) is 39.5 Å². The van der Waals surface area contributed by atoms with Crippen molar-refractivity contribution in [1.29, 1.82) is 0 Å². The lowest BCUT2D eigenvalue weighted by Crippen LogP contribution is -2.42. The number of nitrogens with zero attached hydrogens (tertiary/aromatic N) is 6. The summed E-state index contributed by atoms with van der Waals surface area (Å²) in [4.78, 5) is 24.8. The highest BCUT2D eigenvalue weighted by Crippen LogP contribution is 2.48. The summed E-state index contributed by atoms with van der Waals surface area (Å²) in [5.74, 6) is -6.50. The summed E-state index contributed by atoms with van der Waals surface area (Å²) in [6, 6.07) is 4.39. The molecule has 2 aliphatic rings. The van der Waals surface area contributed by atoms with E-state index in [0.29, 0.717) is 24.8 Å². The molecule has 0 saturated heterocycles. The Kier molecular flexibility index (Phi) is 9.58. The van der Waals surface area contributed by atoms with Crippen LogP contribution in [-0.2, 0) is 28.5 Å². The molecule has 272 valence electrons. The van der Waals surface area contributed by atoms with Crippen LogP contribution in [0.15, 0.2) is 48.5 Å². The Morgan fingerprint density at radius 2 is 1.92 bits per heavy atom. The number of halogens is 5. The van der Waals surface area contributed by atoms with E-state index in [-0.39, 0.29) is 94.0 Å². The fraction of sp³-hybridized carbons (Fsp3) is 0.333. The number of hydrogen-bond acceptors (Lipinski definition) is 9. The average molecular weight is 741 g/mol. The Bertz CT molecular complexity index is 2210. The standard InChI is InChI=1S/C36H33F5N6O4S/c1-4-28(49)46-5-6-47-26(19(46)2)14-25(44-47)33-31(29-23(38)12-22(37)13-27(29)51-10-9-50-3)30-24(39)17-52-34(30)32(43-33)20-11-21-16-45(7-8-48)18-36(40,41)35(21)42-15-20/h4,11-15,17,19,48H,1,5-10,16,18H2,2-3H3/t19-/m1/s1. The maximum atomic E-state index is 16.2. The molecule has 0 bridgehead atoms. The van der Waals surface area contributed by atoms with Crippen LogP contribution >= 0.6 is 11.3 Å². The first-order valence-corrected chi connectivity index (χ1v) is 17.3. The van der Waals surface area contributed by atoms with Crippen LogP contribution in [0.3, 0.4) is 0 Å². The van der Waals surface area contributed by atoms with Gasteiger partial charge in [0.1, 0.15) is 46.9 Å².